The van der Waals surface area contributed by atoms with E-state index in [0.717, 1.165) is 44.0 Å². The molecular formula is C24H29FN4O. The molecule has 1 atom stereocenters. The maximum Gasteiger partial charge on any atom is 0.227 e. The van der Waals surface area contributed by atoms with Crippen LogP contribution in [0.3, 0.4) is 0 Å². The first-order chi connectivity index (χ1) is 14.3. The summed E-state index contributed by atoms with van der Waals surface area (Å²) in [6.45, 7) is 13.4. The predicted molar refractivity (Wildman–Crippen MR) is 119 cm³/mol. The molecule has 0 aliphatic carbocycles. The van der Waals surface area contributed by atoms with Crippen LogP contribution in [0.25, 0.3) is 5.70 Å². The van der Waals surface area contributed by atoms with Gasteiger partial charge < -0.3 is 14.7 Å². The summed E-state index contributed by atoms with van der Waals surface area (Å²) in [7, 11) is 0. The summed E-state index contributed by atoms with van der Waals surface area (Å²) in [4.78, 5) is 22.8. The molecule has 0 radical (unpaired) electrons. The lowest BCUT2D eigenvalue weighted by Gasteiger charge is -2.38. The van der Waals surface area contributed by atoms with Crippen LogP contribution in [0.4, 0.5) is 15.9 Å². The van der Waals surface area contributed by atoms with Crippen LogP contribution in [-0.2, 0) is 4.79 Å². The standard InChI is InChI=1S/C24H29FN4O/c1-16-13-17(2)24(26-15-16)28-11-9-27(10-12-28)19(4)21-7-6-20(14-22(21)25)29-18(3)5-8-23(29)30/h6-7,13-15,18H,4-5,8-12H2,1-3H3. The number of piperazine rings is 1. The minimum atomic E-state index is -0.331. The number of carbonyl (C=O) groups is 1. The molecule has 1 unspecified atom stereocenters. The second-order valence-corrected chi connectivity index (χ2v) is 8.39. The van der Waals surface area contributed by atoms with Gasteiger partial charge in [0.05, 0.1) is 0 Å². The topological polar surface area (TPSA) is 39.7 Å². The second-order valence-electron chi connectivity index (χ2n) is 8.39. The Balaban J connectivity index is 1.45. The lowest BCUT2D eigenvalue weighted by atomic mass is 10.1. The maximum atomic E-state index is 14.9. The van der Waals surface area contributed by atoms with Crippen molar-refractivity contribution >= 4 is 23.1 Å². The van der Waals surface area contributed by atoms with Crippen molar-refractivity contribution in [1.29, 1.82) is 0 Å². The van der Waals surface area contributed by atoms with E-state index >= 15 is 0 Å². The number of hydrogen-bond acceptors (Lipinski definition) is 4. The van der Waals surface area contributed by atoms with Crippen molar-refractivity contribution in [3.8, 4) is 0 Å². The molecule has 2 fully saturated rings. The third-order valence-electron chi connectivity index (χ3n) is 6.18. The largest absolute Gasteiger partial charge is 0.368 e. The van der Waals surface area contributed by atoms with Gasteiger partial charge in [-0.1, -0.05) is 12.6 Å². The summed E-state index contributed by atoms with van der Waals surface area (Å²) in [5.41, 5.74) is 4.15. The minimum Gasteiger partial charge on any atom is -0.368 e. The van der Waals surface area contributed by atoms with Gasteiger partial charge in [-0.15, -0.1) is 0 Å². The van der Waals surface area contributed by atoms with Crippen LogP contribution in [-0.4, -0.2) is 48.0 Å². The number of aryl methyl sites for hydroxylation is 2. The van der Waals surface area contributed by atoms with Crippen molar-refractivity contribution < 1.29 is 9.18 Å². The minimum absolute atomic E-state index is 0.0598. The van der Waals surface area contributed by atoms with E-state index in [1.54, 1.807) is 11.0 Å². The summed E-state index contributed by atoms with van der Waals surface area (Å²) in [6.07, 6.45) is 3.24. The molecule has 1 amide bonds. The molecule has 6 heteroatoms. The Morgan fingerprint density at radius 1 is 1.17 bits per heavy atom. The monoisotopic (exact) mass is 408 g/mol. The second kappa shape index (κ2) is 8.09. The number of benzene rings is 1. The Bertz CT molecular complexity index is 981. The van der Waals surface area contributed by atoms with Gasteiger partial charge in [0.2, 0.25) is 5.91 Å². The number of amides is 1. The lowest BCUT2D eigenvalue weighted by Crippen LogP contribution is -2.46. The molecule has 2 saturated heterocycles. The molecule has 0 N–H and O–H groups in total. The predicted octanol–water partition coefficient (Wildman–Crippen LogP) is 4.15. The molecule has 2 aliphatic heterocycles. The average Bonchev–Trinajstić information content (AvgIpc) is 3.06. The Labute approximate surface area is 177 Å². The zero-order chi connectivity index (χ0) is 21.4. The summed E-state index contributed by atoms with van der Waals surface area (Å²) in [5.74, 6) is 0.748. The fraction of sp³-hybridized carbons (Fsp3) is 0.417. The summed E-state index contributed by atoms with van der Waals surface area (Å²) >= 11 is 0. The van der Waals surface area contributed by atoms with E-state index in [9.17, 15) is 9.18 Å². The van der Waals surface area contributed by atoms with E-state index in [1.165, 1.54) is 11.6 Å². The molecule has 2 aromatic rings. The van der Waals surface area contributed by atoms with Crippen molar-refractivity contribution in [3.63, 3.8) is 0 Å². The fourth-order valence-electron chi connectivity index (χ4n) is 4.51. The summed E-state index contributed by atoms with van der Waals surface area (Å²) in [6, 6.07) is 7.31. The number of anilines is 2. The first kappa shape index (κ1) is 20.4. The molecule has 0 saturated carbocycles. The van der Waals surface area contributed by atoms with Crippen molar-refractivity contribution in [2.75, 3.05) is 36.0 Å². The highest BCUT2D eigenvalue weighted by Crippen LogP contribution is 2.31. The highest BCUT2D eigenvalue weighted by Gasteiger charge is 2.29. The smallest absolute Gasteiger partial charge is 0.227 e. The third kappa shape index (κ3) is 3.78. The van der Waals surface area contributed by atoms with Crippen LogP contribution in [0, 0.1) is 19.7 Å². The van der Waals surface area contributed by atoms with Crippen molar-refractivity contribution in [2.45, 2.75) is 39.7 Å². The van der Waals surface area contributed by atoms with Crippen LogP contribution >= 0.6 is 0 Å². The zero-order valence-electron chi connectivity index (χ0n) is 18.0. The van der Waals surface area contributed by atoms with E-state index in [1.807, 2.05) is 26.1 Å². The first-order valence-corrected chi connectivity index (χ1v) is 10.6. The molecular weight excluding hydrogens is 379 g/mol. The number of nitrogens with zero attached hydrogens (tertiary/aromatic N) is 4. The lowest BCUT2D eigenvalue weighted by molar-refractivity contribution is -0.117. The van der Waals surface area contributed by atoms with Crippen LogP contribution in [0.5, 0.6) is 0 Å². The highest BCUT2D eigenvalue weighted by atomic mass is 19.1. The molecule has 158 valence electrons. The Morgan fingerprint density at radius 2 is 1.90 bits per heavy atom. The summed E-state index contributed by atoms with van der Waals surface area (Å²) in [5, 5.41) is 0. The van der Waals surface area contributed by atoms with E-state index in [-0.39, 0.29) is 17.8 Å². The quantitative estimate of drug-likeness (QED) is 0.762. The maximum absolute atomic E-state index is 14.9. The number of aromatic nitrogens is 1. The molecule has 3 heterocycles. The van der Waals surface area contributed by atoms with Gasteiger partial charge in [0.1, 0.15) is 11.6 Å². The van der Waals surface area contributed by atoms with E-state index in [2.05, 4.69) is 34.4 Å². The third-order valence-corrected chi connectivity index (χ3v) is 6.18. The van der Waals surface area contributed by atoms with E-state index < -0.39 is 0 Å². The van der Waals surface area contributed by atoms with Gasteiger partial charge in [0, 0.05) is 61.8 Å². The van der Waals surface area contributed by atoms with Crippen LogP contribution in [0.15, 0.2) is 37.0 Å². The normalized spacial score (nSPS) is 19.5. The summed E-state index contributed by atoms with van der Waals surface area (Å²) < 4.78 is 14.9. The molecule has 2 aliphatic rings. The number of hydrogen-bond donors (Lipinski definition) is 0. The van der Waals surface area contributed by atoms with Gasteiger partial charge in [-0.25, -0.2) is 9.37 Å². The molecule has 4 rings (SSSR count). The van der Waals surface area contributed by atoms with Gasteiger partial charge in [0.15, 0.2) is 0 Å². The fourth-order valence-corrected chi connectivity index (χ4v) is 4.51. The van der Waals surface area contributed by atoms with Gasteiger partial charge in [-0.05, 0) is 56.5 Å². The van der Waals surface area contributed by atoms with Gasteiger partial charge in [0.25, 0.3) is 0 Å². The van der Waals surface area contributed by atoms with Crippen LogP contribution < -0.4 is 9.80 Å². The number of pyridine rings is 1. The van der Waals surface area contributed by atoms with Crippen LogP contribution in [0.1, 0.15) is 36.5 Å². The Kier molecular flexibility index (Phi) is 5.50. The number of rotatable bonds is 4. The average molecular weight is 409 g/mol. The van der Waals surface area contributed by atoms with E-state index in [4.69, 9.17) is 0 Å². The molecule has 0 spiro atoms. The number of carbonyl (C=O) groups excluding carboxylic acids is 1. The highest BCUT2D eigenvalue weighted by molar-refractivity contribution is 5.96. The molecule has 30 heavy (non-hydrogen) atoms. The Morgan fingerprint density at radius 3 is 2.50 bits per heavy atom. The van der Waals surface area contributed by atoms with Crippen molar-refractivity contribution in [1.82, 2.24) is 9.88 Å². The molecule has 1 aromatic heterocycles. The van der Waals surface area contributed by atoms with Crippen molar-refractivity contribution in [2.24, 2.45) is 0 Å². The number of halogens is 1. The van der Waals surface area contributed by atoms with Gasteiger partial charge >= 0.3 is 0 Å². The molecule has 1 aromatic carbocycles. The van der Waals surface area contributed by atoms with Gasteiger partial charge in [-0.2, -0.15) is 0 Å². The first-order valence-electron chi connectivity index (χ1n) is 10.6. The Hall–Kier alpha value is -2.89. The van der Waals surface area contributed by atoms with Gasteiger partial charge in [-0.3, -0.25) is 4.79 Å². The SMILES string of the molecule is C=C(c1ccc(N2C(=O)CCC2C)cc1F)N1CCN(c2ncc(C)cc2C)CC1. The van der Waals surface area contributed by atoms with E-state index in [0.29, 0.717) is 23.4 Å². The van der Waals surface area contributed by atoms with Crippen molar-refractivity contribution in [3.05, 3.63) is 59.5 Å². The van der Waals surface area contributed by atoms with Crippen LogP contribution in [0.2, 0.25) is 0 Å². The zero-order valence-corrected chi connectivity index (χ0v) is 18.0. The molecule has 5 nitrogen and oxygen atoms in total. The molecule has 0 bridgehead atoms.